The summed E-state index contributed by atoms with van der Waals surface area (Å²) in [6.07, 6.45) is 0.975. The van der Waals surface area contributed by atoms with Gasteiger partial charge in [-0.2, -0.15) is 8.42 Å². The number of carbonyl (C=O) groups excluding carboxylic acids is 1. The topological polar surface area (TPSA) is 110 Å². The predicted molar refractivity (Wildman–Crippen MR) is 91.5 cm³/mol. The Balaban J connectivity index is 0.000000231. The number of hydrogen-bond donors (Lipinski definition) is 2. The maximum atomic E-state index is 10.7. The van der Waals surface area contributed by atoms with E-state index >= 15 is 0 Å². The van der Waals surface area contributed by atoms with E-state index in [0.29, 0.717) is 15.1 Å². The van der Waals surface area contributed by atoms with E-state index in [4.69, 9.17) is 33.5 Å². The molecule has 0 aliphatic carbocycles. The lowest BCUT2D eigenvalue weighted by atomic mass is 10.1. The Morgan fingerprint density at radius 1 is 1.30 bits per heavy atom. The first-order valence-electron chi connectivity index (χ1n) is 5.87. The highest BCUT2D eigenvalue weighted by Crippen LogP contribution is 2.22. The molecule has 0 bridgehead atoms. The fourth-order valence-electron chi connectivity index (χ4n) is 1.45. The predicted octanol–water partition coefficient (Wildman–Crippen LogP) is 3.49. The lowest BCUT2D eigenvalue weighted by Crippen LogP contribution is -2.12. The van der Waals surface area contributed by atoms with Crippen LogP contribution in [0.5, 0.6) is 0 Å². The zero-order chi connectivity index (χ0) is 17.8. The van der Waals surface area contributed by atoms with Gasteiger partial charge >= 0.3 is 0 Å². The van der Waals surface area contributed by atoms with Gasteiger partial charge in [-0.15, -0.1) is 0 Å². The molecule has 23 heavy (non-hydrogen) atoms. The summed E-state index contributed by atoms with van der Waals surface area (Å²) in [7, 11) is -4.19. The van der Waals surface area contributed by atoms with E-state index in [-0.39, 0.29) is 10.0 Å². The lowest BCUT2D eigenvalue weighted by molar-refractivity contribution is 0.0999. The molecule has 1 aromatic carbocycles. The third kappa shape index (κ3) is 6.08. The molecule has 6 nitrogen and oxygen atoms in total. The van der Waals surface area contributed by atoms with E-state index in [0.717, 1.165) is 11.8 Å². The minimum atomic E-state index is -4.19. The van der Waals surface area contributed by atoms with Gasteiger partial charge in [-0.05, 0) is 52.7 Å². The molecular formula is C13H11BrCl2N2O4S. The van der Waals surface area contributed by atoms with Crippen molar-refractivity contribution in [1.82, 2.24) is 4.98 Å². The van der Waals surface area contributed by atoms with Crippen LogP contribution in [0.2, 0.25) is 10.2 Å². The summed E-state index contributed by atoms with van der Waals surface area (Å²) in [5.74, 6) is -0.417. The van der Waals surface area contributed by atoms with Crippen LogP contribution in [0.1, 0.15) is 15.9 Å². The van der Waals surface area contributed by atoms with Crippen LogP contribution in [0.25, 0.3) is 0 Å². The largest absolute Gasteiger partial charge is 0.366 e. The summed E-state index contributed by atoms with van der Waals surface area (Å²) in [6.45, 7) is 1.80. The third-order valence-electron chi connectivity index (χ3n) is 2.52. The van der Waals surface area contributed by atoms with Gasteiger partial charge in [0, 0.05) is 16.8 Å². The van der Waals surface area contributed by atoms with Gasteiger partial charge in [-0.3, -0.25) is 9.35 Å². The number of hydrogen-bond acceptors (Lipinski definition) is 4. The molecule has 0 aliphatic heterocycles. The van der Waals surface area contributed by atoms with Crippen molar-refractivity contribution >= 4 is 55.2 Å². The fraction of sp³-hybridized carbons (Fsp3) is 0.0769. The number of rotatable bonds is 2. The number of amides is 1. The van der Waals surface area contributed by atoms with Gasteiger partial charge in [0.2, 0.25) is 5.91 Å². The SMILES string of the molecule is Cc1cc(Cl)ccc1C(N)=O.O=S(=O)(O)c1cnc(Cl)c(Br)c1. The van der Waals surface area contributed by atoms with Gasteiger partial charge in [0.25, 0.3) is 10.1 Å². The summed E-state index contributed by atoms with van der Waals surface area (Å²) >= 11 is 14.1. The highest BCUT2D eigenvalue weighted by molar-refractivity contribution is 9.10. The van der Waals surface area contributed by atoms with Gasteiger partial charge in [0.15, 0.2) is 0 Å². The van der Waals surface area contributed by atoms with Crippen molar-refractivity contribution in [3.05, 3.63) is 56.2 Å². The molecular weight excluding hydrogens is 431 g/mol. The molecule has 10 heteroatoms. The van der Waals surface area contributed by atoms with Gasteiger partial charge < -0.3 is 5.73 Å². The van der Waals surface area contributed by atoms with Gasteiger partial charge in [-0.25, -0.2) is 4.98 Å². The Hall–Kier alpha value is -1.19. The second-order valence-electron chi connectivity index (χ2n) is 4.24. The van der Waals surface area contributed by atoms with Gasteiger partial charge in [-0.1, -0.05) is 23.2 Å². The summed E-state index contributed by atoms with van der Waals surface area (Å²) in [4.78, 5) is 13.9. The van der Waals surface area contributed by atoms with Crippen LogP contribution in [0.3, 0.4) is 0 Å². The summed E-state index contributed by atoms with van der Waals surface area (Å²) < 4.78 is 30.0. The van der Waals surface area contributed by atoms with Crippen LogP contribution in [-0.4, -0.2) is 23.9 Å². The highest BCUT2D eigenvalue weighted by atomic mass is 79.9. The van der Waals surface area contributed by atoms with Crippen molar-refractivity contribution in [3.8, 4) is 0 Å². The first kappa shape index (κ1) is 19.9. The van der Waals surface area contributed by atoms with E-state index in [1.54, 1.807) is 25.1 Å². The minimum Gasteiger partial charge on any atom is -0.366 e. The Labute approximate surface area is 151 Å². The monoisotopic (exact) mass is 440 g/mol. The minimum absolute atomic E-state index is 0.141. The van der Waals surface area contributed by atoms with E-state index in [1.807, 2.05) is 0 Å². The second kappa shape index (κ2) is 8.07. The Kier molecular flexibility index (Phi) is 6.97. The zero-order valence-corrected chi connectivity index (χ0v) is 15.5. The van der Waals surface area contributed by atoms with Gasteiger partial charge in [0.1, 0.15) is 10.0 Å². The number of halogens is 3. The molecule has 1 amide bonds. The van der Waals surface area contributed by atoms with Crippen LogP contribution in [0.15, 0.2) is 39.8 Å². The molecule has 0 unspecified atom stereocenters. The molecule has 0 saturated heterocycles. The number of nitrogens with two attached hydrogens (primary N) is 1. The molecule has 3 N–H and O–H groups in total. The normalized spacial score (nSPS) is 10.7. The summed E-state index contributed by atoms with van der Waals surface area (Å²) in [6, 6.07) is 6.15. The summed E-state index contributed by atoms with van der Waals surface area (Å²) in [5, 5.41) is 0.759. The first-order chi connectivity index (χ1) is 10.5. The average Bonchev–Trinajstić information content (AvgIpc) is 2.41. The van der Waals surface area contributed by atoms with Crippen LogP contribution >= 0.6 is 39.1 Å². The molecule has 0 saturated carbocycles. The molecule has 2 rings (SSSR count). The molecule has 0 fully saturated rings. The number of benzene rings is 1. The average molecular weight is 442 g/mol. The number of pyridine rings is 1. The standard InChI is InChI=1S/C8H8ClNO.C5H3BrClNO3S/c1-5-4-6(9)2-3-7(5)8(10)11;6-4-1-3(12(9,10)11)2-8-5(4)7/h2-4H,1H3,(H2,10,11);1-2H,(H,9,10,11). The zero-order valence-electron chi connectivity index (χ0n) is 11.6. The number of aryl methyl sites for hydroxylation is 1. The first-order valence-corrected chi connectivity index (χ1v) is 8.85. The highest BCUT2D eigenvalue weighted by Gasteiger charge is 2.11. The van der Waals surface area contributed by atoms with Crippen LogP contribution in [0.4, 0.5) is 0 Å². The van der Waals surface area contributed by atoms with Crippen molar-refractivity contribution in [2.45, 2.75) is 11.8 Å². The smallest absolute Gasteiger partial charge is 0.296 e. The summed E-state index contributed by atoms with van der Waals surface area (Å²) in [5.41, 5.74) is 6.42. The van der Waals surface area contributed by atoms with Crippen molar-refractivity contribution in [2.75, 3.05) is 0 Å². The maximum Gasteiger partial charge on any atom is 0.296 e. The Morgan fingerprint density at radius 3 is 2.35 bits per heavy atom. The molecule has 0 atom stereocenters. The van der Waals surface area contributed by atoms with Crippen LogP contribution in [-0.2, 0) is 10.1 Å². The van der Waals surface area contributed by atoms with Crippen molar-refractivity contribution in [2.24, 2.45) is 5.73 Å². The van der Waals surface area contributed by atoms with Gasteiger partial charge in [0.05, 0.1) is 4.47 Å². The Morgan fingerprint density at radius 2 is 1.91 bits per heavy atom. The molecule has 0 radical (unpaired) electrons. The second-order valence-corrected chi connectivity index (χ2v) is 7.31. The maximum absolute atomic E-state index is 10.7. The van der Waals surface area contributed by atoms with E-state index in [2.05, 4.69) is 20.9 Å². The number of primary amides is 1. The third-order valence-corrected chi connectivity index (χ3v) is 4.71. The van der Waals surface area contributed by atoms with Crippen LogP contribution in [0, 0.1) is 6.92 Å². The van der Waals surface area contributed by atoms with E-state index in [1.165, 1.54) is 6.07 Å². The molecule has 2 aromatic rings. The molecule has 1 heterocycles. The quantitative estimate of drug-likeness (QED) is 0.547. The lowest BCUT2D eigenvalue weighted by Gasteiger charge is -1.99. The molecule has 0 spiro atoms. The van der Waals surface area contributed by atoms with Crippen molar-refractivity contribution < 1.29 is 17.8 Å². The molecule has 1 aromatic heterocycles. The molecule has 124 valence electrons. The van der Waals surface area contributed by atoms with E-state index in [9.17, 15) is 13.2 Å². The Bertz CT molecular complexity index is 844. The van der Waals surface area contributed by atoms with Crippen molar-refractivity contribution in [3.63, 3.8) is 0 Å². The van der Waals surface area contributed by atoms with E-state index < -0.39 is 16.0 Å². The number of nitrogens with zero attached hydrogens (tertiary/aromatic N) is 1. The van der Waals surface area contributed by atoms with Crippen molar-refractivity contribution in [1.29, 1.82) is 0 Å². The fourth-order valence-corrected chi connectivity index (χ4v) is 2.73. The molecule has 0 aliphatic rings. The number of carbonyl (C=O) groups is 1. The van der Waals surface area contributed by atoms with Crippen LogP contribution < -0.4 is 5.73 Å². The number of aromatic nitrogens is 1.